The van der Waals surface area contributed by atoms with Gasteiger partial charge in [-0.3, -0.25) is 9.48 Å². The van der Waals surface area contributed by atoms with Crippen LogP contribution >= 0.6 is 0 Å². The number of hydrogen-bond acceptors (Lipinski definition) is 0. The highest BCUT2D eigenvalue weighted by atomic mass is 15.3. The lowest BCUT2D eigenvalue weighted by Crippen LogP contribution is -2.40. The second-order valence-electron chi connectivity index (χ2n) is 6.41. The van der Waals surface area contributed by atoms with E-state index >= 15 is 0 Å². The molecule has 4 unspecified atom stereocenters. The average Bonchev–Trinajstić information content (AvgIpc) is 3.02. The zero-order valence-corrected chi connectivity index (χ0v) is 13.4. The molecule has 2 aliphatic rings. The van der Waals surface area contributed by atoms with Gasteiger partial charge in [0.2, 0.25) is 6.34 Å². The summed E-state index contributed by atoms with van der Waals surface area (Å²) < 4.78 is 2.72. The predicted octanol–water partition coefficient (Wildman–Crippen LogP) is 4.03. The number of hydrogen-bond donors (Lipinski definition) is 0. The highest BCUT2D eigenvalue weighted by molar-refractivity contribution is 5.51. The van der Waals surface area contributed by atoms with Crippen LogP contribution < -0.4 is 0 Å². The molecule has 2 saturated heterocycles. The van der Waals surface area contributed by atoms with Gasteiger partial charge in [-0.15, -0.1) is 0 Å². The molecule has 2 nitrogen and oxygen atoms in total. The Morgan fingerprint density at radius 1 is 0.789 bits per heavy atom. The van der Waals surface area contributed by atoms with Crippen LogP contribution in [0.25, 0.3) is 0 Å². The predicted molar refractivity (Wildman–Crippen MR) is 82.9 cm³/mol. The summed E-state index contributed by atoms with van der Waals surface area (Å²) in [4.78, 5) is 2.72. The van der Waals surface area contributed by atoms with Crippen LogP contribution in [0.3, 0.4) is 0 Å². The van der Waals surface area contributed by atoms with Gasteiger partial charge in [0.05, 0.1) is 24.2 Å². The van der Waals surface area contributed by atoms with Gasteiger partial charge in [0.25, 0.3) is 0 Å². The van der Waals surface area contributed by atoms with Crippen molar-refractivity contribution in [2.45, 2.75) is 103 Å². The first kappa shape index (κ1) is 14.9. The molecule has 0 aromatic rings. The quantitative estimate of drug-likeness (QED) is 0.537. The maximum absolute atomic E-state index is 2.72. The Balaban J connectivity index is 2.20. The normalized spacial score (nSPS) is 35.2. The molecule has 110 valence electrons. The minimum atomic E-state index is 0.792. The van der Waals surface area contributed by atoms with Gasteiger partial charge in [-0.1, -0.05) is 27.7 Å². The lowest BCUT2D eigenvalue weighted by atomic mass is 10.1. The van der Waals surface area contributed by atoms with E-state index in [-0.39, 0.29) is 0 Å². The Bertz CT molecular complexity index is 284. The molecule has 0 aromatic heterocycles. The van der Waals surface area contributed by atoms with Gasteiger partial charge in [0.1, 0.15) is 0 Å². The first-order chi connectivity index (χ1) is 9.24. The van der Waals surface area contributed by atoms with Crippen molar-refractivity contribution in [1.29, 1.82) is 0 Å². The van der Waals surface area contributed by atoms with Crippen molar-refractivity contribution in [3.63, 3.8) is 0 Å². The topological polar surface area (TPSA) is 6.25 Å². The van der Waals surface area contributed by atoms with Crippen molar-refractivity contribution >= 4 is 6.34 Å². The summed E-state index contributed by atoms with van der Waals surface area (Å²) >= 11 is 0. The van der Waals surface area contributed by atoms with E-state index in [4.69, 9.17) is 0 Å². The molecule has 0 aliphatic carbocycles. The highest BCUT2D eigenvalue weighted by Gasteiger charge is 2.38. The highest BCUT2D eigenvalue weighted by Crippen LogP contribution is 2.29. The zero-order valence-electron chi connectivity index (χ0n) is 13.4. The molecule has 0 bridgehead atoms. The molecule has 0 aromatic carbocycles. The van der Waals surface area contributed by atoms with Crippen LogP contribution in [0.1, 0.15) is 79.1 Å². The summed E-state index contributed by atoms with van der Waals surface area (Å²) in [6, 6.07) is 3.17. The van der Waals surface area contributed by atoms with E-state index in [0.29, 0.717) is 0 Å². The summed E-state index contributed by atoms with van der Waals surface area (Å²) in [7, 11) is 0. The van der Waals surface area contributed by atoms with Crippen LogP contribution in [0.5, 0.6) is 0 Å². The second-order valence-corrected chi connectivity index (χ2v) is 6.41. The third kappa shape index (κ3) is 2.98. The molecule has 0 amide bonds. The summed E-state index contributed by atoms with van der Waals surface area (Å²) in [6.07, 6.45) is 13.3. The fourth-order valence-corrected chi connectivity index (χ4v) is 4.15. The SMILES string of the molecule is CCC1CCC(CC)N1C=[N+]1C(CC)CCC1CC. The van der Waals surface area contributed by atoms with Crippen LogP contribution in [-0.2, 0) is 0 Å². The molecule has 2 aliphatic heterocycles. The lowest BCUT2D eigenvalue weighted by molar-refractivity contribution is -0.579. The summed E-state index contributed by atoms with van der Waals surface area (Å²) in [5.74, 6) is 0. The molecule has 4 atom stereocenters. The first-order valence-corrected chi connectivity index (χ1v) is 8.64. The van der Waals surface area contributed by atoms with Crippen LogP contribution in [0.2, 0.25) is 0 Å². The minimum Gasteiger partial charge on any atom is -0.263 e. The Labute approximate surface area is 119 Å². The molecule has 0 spiro atoms. The van der Waals surface area contributed by atoms with Crippen molar-refractivity contribution < 1.29 is 4.58 Å². The molecular formula is C17H33N2+. The van der Waals surface area contributed by atoms with E-state index in [9.17, 15) is 0 Å². The Kier molecular flexibility index (Phi) is 5.29. The van der Waals surface area contributed by atoms with Gasteiger partial charge in [0, 0.05) is 0 Å². The standard InChI is InChI=1S/C17H33N2/c1-5-14-9-10-15(6-2)18(14)13-19-16(7-3)11-12-17(19)8-4/h13-17H,5-12H2,1-4H3/q+1. The second kappa shape index (κ2) is 6.76. The maximum Gasteiger partial charge on any atom is 0.234 e. The van der Waals surface area contributed by atoms with Crippen molar-refractivity contribution in [2.75, 3.05) is 0 Å². The van der Waals surface area contributed by atoms with Gasteiger partial charge >= 0.3 is 0 Å². The number of nitrogens with zero attached hydrogens (tertiary/aromatic N) is 2. The molecule has 2 rings (SSSR count). The molecule has 0 saturated carbocycles. The Morgan fingerprint density at radius 3 is 1.63 bits per heavy atom. The third-order valence-electron chi connectivity index (χ3n) is 5.50. The number of rotatable bonds is 5. The van der Waals surface area contributed by atoms with Crippen LogP contribution in [0.15, 0.2) is 0 Å². The van der Waals surface area contributed by atoms with E-state index in [2.05, 4.69) is 43.5 Å². The van der Waals surface area contributed by atoms with E-state index < -0.39 is 0 Å². The number of likely N-dealkylation sites (tertiary alicyclic amines) is 1. The summed E-state index contributed by atoms with van der Waals surface area (Å²) in [6.45, 7) is 9.40. The molecule has 2 fully saturated rings. The van der Waals surface area contributed by atoms with Gasteiger partial charge < -0.3 is 0 Å². The van der Waals surface area contributed by atoms with Crippen LogP contribution in [0, 0.1) is 0 Å². The van der Waals surface area contributed by atoms with Gasteiger partial charge in [0.15, 0.2) is 0 Å². The van der Waals surface area contributed by atoms with E-state index in [0.717, 1.165) is 24.2 Å². The summed E-state index contributed by atoms with van der Waals surface area (Å²) in [5.41, 5.74) is 0. The maximum atomic E-state index is 2.72. The minimum absolute atomic E-state index is 0.792. The molecule has 0 N–H and O–H groups in total. The van der Waals surface area contributed by atoms with Crippen LogP contribution in [-0.4, -0.2) is 40.0 Å². The molecule has 2 heteroatoms. The fraction of sp³-hybridized carbons (Fsp3) is 0.941. The molecular weight excluding hydrogens is 232 g/mol. The molecule has 2 heterocycles. The molecule has 0 radical (unpaired) electrons. The molecule has 19 heavy (non-hydrogen) atoms. The lowest BCUT2D eigenvalue weighted by Gasteiger charge is -2.24. The van der Waals surface area contributed by atoms with Gasteiger partial charge in [-0.05, 0) is 51.4 Å². The van der Waals surface area contributed by atoms with Crippen molar-refractivity contribution in [2.24, 2.45) is 0 Å². The fourth-order valence-electron chi connectivity index (χ4n) is 4.15. The smallest absolute Gasteiger partial charge is 0.234 e. The summed E-state index contributed by atoms with van der Waals surface area (Å²) in [5, 5.41) is 0. The van der Waals surface area contributed by atoms with Crippen LogP contribution in [0.4, 0.5) is 0 Å². The van der Waals surface area contributed by atoms with Gasteiger partial charge in [-0.25, -0.2) is 0 Å². The van der Waals surface area contributed by atoms with Crippen molar-refractivity contribution in [3.05, 3.63) is 0 Å². The largest absolute Gasteiger partial charge is 0.263 e. The van der Waals surface area contributed by atoms with E-state index in [1.165, 1.54) is 51.4 Å². The van der Waals surface area contributed by atoms with Crippen molar-refractivity contribution in [1.82, 2.24) is 4.90 Å². The average molecular weight is 265 g/mol. The Morgan fingerprint density at radius 2 is 1.26 bits per heavy atom. The first-order valence-electron chi connectivity index (χ1n) is 8.64. The van der Waals surface area contributed by atoms with E-state index in [1.54, 1.807) is 0 Å². The zero-order chi connectivity index (χ0) is 13.8. The monoisotopic (exact) mass is 265 g/mol. The van der Waals surface area contributed by atoms with Gasteiger partial charge in [-0.2, -0.15) is 0 Å². The third-order valence-corrected chi connectivity index (χ3v) is 5.50. The Hall–Kier alpha value is -0.530. The van der Waals surface area contributed by atoms with E-state index in [1.807, 2.05) is 0 Å². The van der Waals surface area contributed by atoms with Crippen molar-refractivity contribution in [3.8, 4) is 0 Å².